The van der Waals surface area contributed by atoms with Gasteiger partial charge in [0.05, 0.1) is 5.69 Å². The number of nitrogens with zero attached hydrogens (tertiary/aromatic N) is 2. The molecule has 0 saturated heterocycles. The second-order valence-electron chi connectivity index (χ2n) is 2.90. The molecule has 0 saturated carbocycles. The summed E-state index contributed by atoms with van der Waals surface area (Å²) < 4.78 is 1.12. The molecule has 0 bridgehead atoms. The smallest absolute Gasteiger partial charge is 0.334 e. The van der Waals surface area contributed by atoms with Crippen molar-refractivity contribution < 1.29 is 5.11 Å². The summed E-state index contributed by atoms with van der Waals surface area (Å²) in [5, 5.41) is 9.56. The number of rotatable bonds is 1. The van der Waals surface area contributed by atoms with E-state index >= 15 is 0 Å². The number of pyridine rings is 1. The van der Waals surface area contributed by atoms with Gasteiger partial charge in [-0.05, 0) is 19.1 Å². The molecule has 5 heteroatoms. The highest BCUT2D eigenvalue weighted by Gasteiger charge is 2.11. The van der Waals surface area contributed by atoms with E-state index in [1.54, 1.807) is 31.3 Å². The number of aromatic nitrogens is 3. The van der Waals surface area contributed by atoms with Gasteiger partial charge in [-0.2, -0.15) is 0 Å². The molecule has 0 aliphatic heterocycles. The van der Waals surface area contributed by atoms with Crippen LogP contribution in [0.15, 0.2) is 29.2 Å². The molecule has 2 N–H and O–H groups in total. The molecule has 2 rings (SSSR count). The maximum Gasteiger partial charge on any atom is 0.334 e. The lowest BCUT2D eigenvalue weighted by molar-refractivity contribution is 0.435. The van der Waals surface area contributed by atoms with E-state index in [1.807, 2.05) is 0 Å². The lowest BCUT2D eigenvalue weighted by Crippen LogP contribution is -2.15. The Kier molecular flexibility index (Phi) is 1.85. The van der Waals surface area contributed by atoms with Crippen LogP contribution in [0.1, 0.15) is 5.69 Å². The van der Waals surface area contributed by atoms with E-state index < -0.39 is 5.69 Å². The molecule has 2 aromatic rings. The van der Waals surface area contributed by atoms with Gasteiger partial charge < -0.3 is 10.1 Å². The minimum atomic E-state index is -0.390. The van der Waals surface area contributed by atoms with E-state index in [4.69, 9.17) is 0 Å². The summed E-state index contributed by atoms with van der Waals surface area (Å²) in [5.74, 6) is 0.299. The number of aromatic amines is 1. The van der Waals surface area contributed by atoms with Gasteiger partial charge in [0, 0.05) is 6.20 Å². The standard InChI is InChI=1S/C9H9N3O2/c1-6-8(13)12(9(14)11-6)7-4-2-3-5-10-7/h2-5,13H,1H3,(H,11,14). The van der Waals surface area contributed by atoms with Gasteiger partial charge in [0.15, 0.2) is 0 Å². The van der Waals surface area contributed by atoms with E-state index in [1.165, 1.54) is 0 Å². The van der Waals surface area contributed by atoms with Crippen LogP contribution in [0, 0.1) is 6.92 Å². The molecule has 0 aromatic carbocycles. The van der Waals surface area contributed by atoms with Gasteiger partial charge in [-0.1, -0.05) is 6.07 Å². The first-order valence-corrected chi connectivity index (χ1v) is 4.12. The van der Waals surface area contributed by atoms with Gasteiger partial charge in [0.1, 0.15) is 5.82 Å². The fraction of sp³-hybridized carbons (Fsp3) is 0.111. The highest BCUT2D eigenvalue weighted by atomic mass is 16.3. The predicted octanol–water partition coefficient (Wildman–Crippen LogP) is 0.575. The van der Waals surface area contributed by atoms with Crippen LogP contribution in [0.4, 0.5) is 0 Å². The molecular formula is C9H9N3O2. The van der Waals surface area contributed by atoms with Crippen LogP contribution in [0.3, 0.4) is 0 Å². The minimum Gasteiger partial charge on any atom is -0.493 e. The summed E-state index contributed by atoms with van der Waals surface area (Å²) in [6.45, 7) is 1.62. The summed E-state index contributed by atoms with van der Waals surface area (Å²) in [4.78, 5) is 17.8. The monoisotopic (exact) mass is 191 g/mol. The molecule has 0 fully saturated rings. The fourth-order valence-electron chi connectivity index (χ4n) is 1.23. The van der Waals surface area contributed by atoms with E-state index in [2.05, 4.69) is 9.97 Å². The number of aryl methyl sites for hydroxylation is 1. The average molecular weight is 191 g/mol. The zero-order chi connectivity index (χ0) is 10.1. The third kappa shape index (κ3) is 1.19. The van der Waals surface area contributed by atoms with Crippen molar-refractivity contribution in [3.63, 3.8) is 0 Å². The van der Waals surface area contributed by atoms with E-state index in [0.29, 0.717) is 11.5 Å². The van der Waals surface area contributed by atoms with Crippen LogP contribution in [-0.2, 0) is 0 Å². The van der Waals surface area contributed by atoms with Gasteiger partial charge in [0.2, 0.25) is 5.88 Å². The Bertz CT molecular complexity index is 499. The normalized spacial score (nSPS) is 10.4. The largest absolute Gasteiger partial charge is 0.493 e. The molecule has 0 spiro atoms. The first-order chi connectivity index (χ1) is 6.70. The molecule has 0 radical (unpaired) electrons. The third-order valence-electron chi connectivity index (χ3n) is 1.92. The van der Waals surface area contributed by atoms with Crippen LogP contribution in [0.25, 0.3) is 5.82 Å². The molecule has 0 aliphatic carbocycles. The van der Waals surface area contributed by atoms with Crippen molar-refractivity contribution in [3.8, 4) is 11.7 Å². The molecule has 0 amide bonds. The lowest BCUT2D eigenvalue weighted by atomic mass is 10.4. The number of aromatic hydroxyl groups is 1. The molecular weight excluding hydrogens is 182 g/mol. The number of H-pyrrole nitrogens is 1. The number of imidazole rings is 1. The highest BCUT2D eigenvalue weighted by molar-refractivity contribution is 5.30. The van der Waals surface area contributed by atoms with E-state index in [-0.39, 0.29) is 5.88 Å². The Balaban J connectivity index is 2.69. The number of nitrogens with one attached hydrogen (secondary N) is 1. The minimum absolute atomic E-state index is 0.103. The quantitative estimate of drug-likeness (QED) is 0.692. The molecule has 14 heavy (non-hydrogen) atoms. The number of hydrogen-bond acceptors (Lipinski definition) is 3. The van der Waals surface area contributed by atoms with Crippen LogP contribution in [0.5, 0.6) is 5.88 Å². The summed E-state index contributed by atoms with van der Waals surface area (Å²) >= 11 is 0. The Morgan fingerprint density at radius 2 is 2.29 bits per heavy atom. The number of hydrogen-bond donors (Lipinski definition) is 2. The Hall–Kier alpha value is -2.04. The van der Waals surface area contributed by atoms with Crippen molar-refractivity contribution in [2.45, 2.75) is 6.92 Å². The second kappa shape index (κ2) is 3.02. The van der Waals surface area contributed by atoms with Crippen LogP contribution < -0.4 is 5.69 Å². The van der Waals surface area contributed by atoms with Gasteiger partial charge >= 0.3 is 5.69 Å². The van der Waals surface area contributed by atoms with E-state index in [0.717, 1.165) is 4.57 Å². The van der Waals surface area contributed by atoms with Crippen LogP contribution in [0.2, 0.25) is 0 Å². The summed E-state index contributed by atoms with van der Waals surface area (Å²) in [6, 6.07) is 5.13. The molecule has 2 heterocycles. The summed E-state index contributed by atoms with van der Waals surface area (Å²) in [6.07, 6.45) is 1.56. The maximum absolute atomic E-state index is 11.4. The third-order valence-corrected chi connectivity index (χ3v) is 1.92. The van der Waals surface area contributed by atoms with Gasteiger partial charge in [-0.25, -0.2) is 14.3 Å². The SMILES string of the molecule is Cc1[nH]c(=O)n(-c2ccccn2)c1O. The molecule has 72 valence electrons. The van der Waals surface area contributed by atoms with Crippen molar-refractivity contribution in [1.82, 2.24) is 14.5 Å². The zero-order valence-electron chi connectivity index (χ0n) is 7.56. The molecule has 0 aliphatic rings. The molecule has 2 aromatic heterocycles. The Morgan fingerprint density at radius 3 is 2.79 bits per heavy atom. The molecule has 5 nitrogen and oxygen atoms in total. The van der Waals surface area contributed by atoms with Gasteiger partial charge in [-0.15, -0.1) is 0 Å². The fourth-order valence-corrected chi connectivity index (χ4v) is 1.23. The van der Waals surface area contributed by atoms with E-state index in [9.17, 15) is 9.90 Å². The Labute approximate surface area is 79.7 Å². The average Bonchev–Trinajstić information content (AvgIpc) is 2.43. The van der Waals surface area contributed by atoms with Crippen molar-refractivity contribution in [3.05, 3.63) is 40.6 Å². The first-order valence-electron chi connectivity index (χ1n) is 4.12. The van der Waals surface area contributed by atoms with Crippen molar-refractivity contribution in [2.75, 3.05) is 0 Å². The Morgan fingerprint density at radius 1 is 1.50 bits per heavy atom. The zero-order valence-corrected chi connectivity index (χ0v) is 7.56. The summed E-state index contributed by atoms with van der Waals surface area (Å²) in [7, 11) is 0. The summed E-state index contributed by atoms with van der Waals surface area (Å²) in [5.41, 5.74) is 0.0411. The topological polar surface area (TPSA) is 70.9 Å². The second-order valence-corrected chi connectivity index (χ2v) is 2.90. The first kappa shape index (κ1) is 8.55. The molecule has 0 unspecified atom stereocenters. The van der Waals surface area contributed by atoms with Crippen molar-refractivity contribution in [2.24, 2.45) is 0 Å². The van der Waals surface area contributed by atoms with Crippen LogP contribution >= 0.6 is 0 Å². The highest BCUT2D eigenvalue weighted by Crippen LogP contribution is 2.14. The van der Waals surface area contributed by atoms with Gasteiger partial charge in [-0.3, -0.25) is 0 Å². The van der Waals surface area contributed by atoms with Gasteiger partial charge in [0.25, 0.3) is 0 Å². The van der Waals surface area contributed by atoms with Crippen LogP contribution in [-0.4, -0.2) is 19.6 Å². The van der Waals surface area contributed by atoms with Crippen molar-refractivity contribution >= 4 is 0 Å². The van der Waals surface area contributed by atoms with Crippen molar-refractivity contribution in [1.29, 1.82) is 0 Å². The molecule has 0 atom stereocenters. The lowest BCUT2D eigenvalue weighted by Gasteiger charge is -2.00. The predicted molar refractivity (Wildman–Crippen MR) is 50.6 cm³/mol. The maximum atomic E-state index is 11.4.